The second-order valence-electron chi connectivity index (χ2n) is 7.80. The van der Waals surface area contributed by atoms with E-state index in [1.807, 2.05) is 12.1 Å². The Balaban J connectivity index is 1.63. The van der Waals surface area contributed by atoms with Gasteiger partial charge in [-0.1, -0.05) is 12.1 Å². The fraction of sp³-hybridized carbons (Fsp3) is 0.391. The Morgan fingerprint density at radius 2 is 1.88 bits per heavy atom. The van der Waals surface area contributed by atoms with E-state index < -0.39 is 5.97 Å². The van der Waals surface area contributed by atoms with Gasteiger partial charge in [0.1, 0.15) is 0 Å². The lowest BCUT2D eigenvalue weighted by molar-refractivity contribution is -0.120. The molecule has 1 aliphatic rings. The van der Waals surface area contributed by atoms with E-state index in [0.29, 0.717) is 16.9 Å². The average molecular weight is 441 g/mol. The summed E-state index contributed by atoms with van der Waals surface area (Å²) in [4.78, 5) is 53.4. The number of aromatic nitrogens is 1. The van der Waals surface area contributed by atoms with Crippen LogP contribution in [0.5, 0.6) is 0 Å². The quantitative estimate of drug-likeness (QED) is 0.452. The summed E-state index contributed by atoms with van der Waals surface area (Å²) in [5, 5.41) is 5.69. The first-order valence-corrected chi connectivity index (χ1v) is 10.5. The summed E-state index contributed by atoms with van der Waals surface area (Å²) >= 11 is 0. The number of esters is 1. The van der Waals surface area contributed by atoms with Crippen LogP contribution < -0.4 is 10.6 Å². The fourth-order valence-electron chi connectivity index (χ4n) is 3.83. The molecule has 1 saturated heterocycles. The first kappa shape index (κ1) is 23.1. The van der Waals surface area contributed by atoms with Crippen molar-refractivity contribution in [3.8, 4) is 0 Å². The number of H-pyrrole nitrogens is 1. The monoisotopic (exact) mass is 440 g/mol. The molecule has 2 heterocycles. The first-order chi connectivity index (χ1) is 15.3. The molecule has 0 radical (unpaired) electrons. The zero-order valence-corrected chi connectivity index (χ0v) is 18.5. The summed E-state index contributed by atoms with van der Waals surface area (Å²) in [7, 11) is 1.25. The van der Waals surface area contributed by atoms with Crippen LogP contribution in [0.15, 0.2) is 24.3 Å². The van der Waals surface area contributed by atoms with Gasteiger partial charge < -0.3 is 25.3 Å². The fourth-order valence-corrected chi connectivity index (χ4v) is 3.83. The first-order valence-electron chi connectivity index (χ1n) is 10.5. The van der Waals surface area contributed by atoms with Crippen molar-refractivity contribution >= 4 is 29.4 Å². The van der Waals surface area contributed by atoms with Crippen molar-refractivity contribution in [2.45, 2.75) is 39.7 Å². The number of urea groups is 1. The molecule has 9 heteroatoms. The lowest BCUT2D eigenvalue weighted by atomic mass is 10.1. The SMILES string of the molecule is COC(=O)c1c(CC(=O)NCc2cccc(NC(=O)N3CCCC3)c2)[nH]c(C(C)=O)c1C. The molecule has 3 rings (SSSR count). The molecule has 0 bridgehead atoms. The molecule has 1 aliphatic heterocycles. The Morgan fingerprint density at radius 3 is 2.53 bits per heavy atom. The van der Waals surface area contributed by atoms with Crippen LogP contribution in [-0.2, 0) is 22.5 Å². The molecular weight excluding hydrogens is 412 g/mol. The van der Waals surface area contributed by atoms with Crippen molar-refractivity contribution < 1.29 is 23.9 Å². The molecule has 1 aromatic heterocycles. The Hall–Kier alpha value is -3.62. The van der Waals surface area contributed by atoms with Crippen LogP contribution in [0.25, 0.3) is 0 Å². The van der Waals surface area contributed by atoms with Crippen LogP contribution in [0.2, 0.25) is 0 Å². The third kappa shape index (κ3) is 5.35. The van der Waals surface area contributed by atoms with Crippen molar-refractivity contribution in [2.75, 3.05) is 25.5 Å². The number of Topliss-reactive ketones (excluding diaryl/α,β-unsaturated/α-hetero) is 1. The zero-order valence-electron chi connectivity index (χ0n) is 18.5. The van der Waals surface area contributed by atoms with Crippen LogP contribution in [0, 0.1) is 6.92 Å². The van der Waals surface area contributed by atoms with Crippen LogP contribution in [0.3, 0.4) is 0 Å². The number of amides is 3. The van der Waals surface area contributed by atoms with Gasteiger partial charge in [0.15, 0.2) is 5.78 Å². The van der Waals surface area contributed by atoms with Crippen LogP contribution in [-0.4, -0.2) is 53.8 Å². The molecule has 170 valence electrons. The van der Waals surface area contributed by atoms with E-state index in [1.54, 1.807) is 24.0 Å². The number of rotatable bonds is 7. The number of benzene rings is 1. The number of anilines is 1. The predicted molar refractivity (Wildman–Crippen MR) is 119 cm³/mol. The molecule has 0 atom stereocenters. The van der Waals surface area contributed by atoms with Gasteiger partial charge in [-0.2, -0.15) is 0 Å². The summed E-state index contributed by atoms with van der Waals surface area (Å²) in [6.07, 6.45) is 1.93. The minimum Gasteiger partial charge on any atom is -0.465 e. The lowest BCUT2D eigenvalue weighted by Gasteiger charge is -2.16. The van der Waals surface area contributed by atoms with Crippen LogP contribution in [0.1, 0.15) is 57.4 Å². The average Bonchev–Trinajstić information content (AvgIpc) is 3.40. The highest BCUT2D eigenvalue weighted by Crippen LogP contribution is 2.21. The van der Waals surface area contributed by atoms with Crippen LogP contribution >= 0.6 is 0 Å². The van der Waals surface area contributed by atoms with Crippen molar-refractivity contribution in [3.05, 3.63) is 52.3 Å². The maximum atomic E-state index is 12.5. The molecule has 0 unspecified atom stereocenters. The van der Waals surface area contributed by atoms with Crippen molar-refractivity contribution in [1.82, 2.24) is 15.2 Å². The number of nitrogens with zero attached hydrogens (tertiary/aromatic N) is 1. The highest BCUT2D eigenvalue weighted by Gasteiger charge is 2.24. The van der Waals surface area contributed by atoms with E-state index in [1.165, 1.54) is 14.0 Å². The van der Waals surface area contributed by atoms with Gasteiger partial charge in [0.05, 0.1) is 24.8 Å². The topological polar surface area (TPSA) is 121 Å². The number of ether oxygens (including phenoxy) is 1. The largest absolute Gasteiger partial charge is 0.465 e. The number of aromatic amines is 1. The number of nitrogens with one attached hydrogen (secondary N) is 3. The molecule has 3 N–H and O–H groups in total. The van der Waals surface area contributed by atoms with Gasteiger partial charge in [-0.05, 0) is 43.0 Å². The van der Waals surface area contributed by atoms with Crippen molar-refractivity contribution in [3.63, 3.8) is 0 Å². The van der Waals surface area contributed by atoms with E-state index >= 15 is 0 Å². The van der Waals surface area contributed by atoms with Gasteiger partial charge in [-0.15, -0.1) is 0 Å². The Bertz CT molecular complexity index is 1040. The number of hydrogen-bond donors (Lipinski definition) is 3. The lowest BCUT2D eigenvalue weighted by Crippen LogP contribution is -2.32. The second-order valence-corrected chi connectivity index (χ2v) is 7.80. The van der Waals surface area contributed by atoms with E-state index in [2.05, 4.69) is 15.6 Å². The minimum absolute atomic E-state index is 0.107. The Labute approximate surface area is 186 Å². The Kier molecular flexibility index (Phi) is 7.29. The van der Waals surface area contributed by atoms with Gasteiger partial charge in [-0.3, -0.25) is 9.59 Å². The number of carbonyl (C=O) groups excluding carboxylic acids is 4. The maximum Gasteiger partial charge on any atom is 0.339 e. The molecule has 1 aromatic carbocycles. The third-order valence-corrected chi connectivity index (χ3v) is 5.47. The number of carbonyl (C=O) groups is 4. The van der Waals surface area contributed by atoms with Gasteiger partial charge >= 0.3 is 12.0 Å². The second kappa shape index (κ2) is 10.1. The van der Waals surface area contributed by atoms with Crippen molar-refractivity contribution in [1.29, 1.82) is 0 Å². The van der Waals surface area contributed by atoms with E-state index in [9.17, 15) is 19.2 Å². The standard InChI is InChI=1S/C23H28N4O5/c1-14-20(22(30)32-3)18(26-21(14)15(2)28)12-19(29)24-13-16-7-6-8-17(11-16)25-23(31)27-9-4-5-10-27/h6-8,11,26H,4-5,9-10,12-13H2,1-3H3,(H,24,29)(H,25,31). The number of ketones is 1. The highest BCUT2D eigenvalue weighted by atomic mass is 16.5. The van der Waals surface area contributed by atoms with Gasteiger partial charge in [-0.25, -0.2) is 9.59 Å². The summed E-state index contributed by atoms with van der Waals surface area (Å²) < 4.78 is 4.80. The maximum absolute atomic E-state index is 12.5. The normalized spacial score (nSPS) is 13.0. The molecule has 32 heavy (non-hydrogen) atoms. The minimum atomic E-state index is -0.601. The zero-order chi connectivity index (χ0) is 23.3. The van der Waals surface area contributed by atoms with Gasteiger partial charge in [0, 0.05) is 37.9 Å². The number of likely N-dealkylation sites (tertiary alicyclic amines) is 1. The molecule has 3 amide bonds. The molecule has 2 aromatic rings. The Morgan fingerprint density at radius 1 is 1.16 bits per heavy atom. The molecule has 1 fully saturated rings. The summed E-state index contributed by atoms with van der Waals surface area (Å²) in [5.74, 6) is -1.15. The highest BCUT2D eigenvalue weighted by molar-refractivity contribution is 6.01. The predicted octanol–water partition coefficient (Wildman–Crippen LogP) is 2.80. The van der Waals surface area contributed by atoms with E-state index in [0.717, 1.165) is 31.5 Å². The van der Waals surface area contributed by atoms with Crippen molar-refractivity contribution in [2.24, 2.45) is 0 Å². The van der Waals surface area contributed by atoms with E-state index in [-0.39, 0.29) is 41.9 Å². The molecule has 0 aliphatic carbocycles. The van der Waals surface area contributed by atoms with Gasteiger partial charge in [0.25, 0.3) is 0 Å². The molecule has 0 spiro atoms. The number of hydrogen-bond acceptors (Lipinski definition) is 5. The molecular formula is C23H28N4O5. The summed E-state index contributed by atoms with van der Waals surface area (Å²) in [5.41, 5.74) is 2.77. The van der Waals surface area contributed by atoms with Crippen LogP contribution in [0.4, 0.5) is 10.5 Å². The summed E-state index contributed by atoms with van der Waals surface area (Å²) in [6, 6.07) is 7.14. The van der Waals surface area contributed by atoms with E-state index in [4.69, 9.17) is 4.74 Å². The smallest absolute Gasteiger partial charge is 0.339 e. The number of methoxy groups -OCH3 is 1. The third-order valence-electron chi connectivity index (χ3n) is 5.47. The molecule has 9 nitrogen and oxygen atoms in total. The van der Waals surface area contributed by atoms with Gasteiger partial charge in [0.2, 0.25) is 5.91 Å². The summed E-state index contributed by atoms with van der Waals surface area (Å²) in [6.45, 7) is 4.80. The molecule has 0 saturated carbocycles.